The average molecular weight is 540 g/mol. The number of hydrogen-bond donors (Lipinski definition) is 0. The fourth-order valence-corrected chi connectivity index (χ4v) is 6.40. The molecule has 6 rings (SSSR count). The van der Waals surface area contributed by atoms with Gasteiger partial charge in [0.1, 0.15) is 5.56 Å². The molecule has 1 atom stereocenters. The van der Waals surface area contributed by atoms with Crippen LogP contribution in [0, 0.1) is 0 Å². The lowest BCUT2D eigenvalue weighted by Gasteiger charge is -2.49. The van der Waals surface area contributed by atoms with Crippen molar-refractivity contribution in [3.8, 4) is 5.75 Å². The molecular weight excluding hydrogens is 514 g/mol. The van der Waals surface area contributed by atoms with Gasteiger partial charge in [0.15, 0.2) is 17.1 Å². The maximum atomic E-state index is 13.9. The third-order valence-electron chi connectivity index (χ3n) is 7.94. The van der Waals surface area contributed by atoms with Gasteiger partial charge in [-0.1, -0.05) is 61.0 Å². The Morgan fingerprint density at radius 2 is 1.74 bits per heavy atom. The lowest BCUT2D eigenvalue weighted by Crippen LogP contribution is -2.54. The minimum atomic E-state index is -0.787. The van der Waals surface area contributed by atoms with E-state index in [0.29, 0.717) is 28.1 Å². The molecule has 0 bridgehead atoms. The summed E-state index contributed by atoms with van der Waals surface area (Å²) in [6.45, 7) is 6.25. The Kier molecular flexibility index (Phi) is 5.59. The van der Waals surface area contributed by atoms with Gasteiger partial charge in [-0.05, 0) is 61.7 Å². The van der Waals surface area contributed by atoms with E-state index in [2.05, 4.69) is 6.92 Å². The molecule has 0 saturated heterocycles. The molecule has 39 heavy (non-hydrogen) atoms. The van der Waals surface area contributed by atoms with Crippen LogP contribution in [0.4, 0.5) is 5.69 Å². The van der Waals surface area contributed by atoms with Crippen molar-refractivity contribution in [3.63, 3.8) is 0 Å². The first kappa shape index (κ1) is 25.1. The minimum absolute atomic E-state index is 0.146. The standard InChI is InChI=1S/C32H26ClNO5/c1-31(2)17-32(3,19-11-13-20(33)14-12-19)24-9-6-8-21-22(29(36)34(31)27(21)24)16-25(35)23-15-18-7-5-10-26(38-4)28(18)39-30(23)37/h5-16H,17H2,1-4H3/b22-16+. The summed E-state index contributed by atoms with van der Waals surface area (Å²) >= 11 is 6.18. The molecule has 0 N–H and O–H groups in total. The van der Waals surface area contributed by atoms with E-state index in [-0.39, 0.29) is 22.6 Å². The summed E-state index contributed by atoms with van der Waals surface area (Å²) in [6.07, 6.45) is 1.94. The topological polar surface area (TPSA) is 76.8 Å². The van der Waals surface area contributed by atoms with E-state index in [1.54, 1.807) is 23.1 Å². The van der Waals surface area contributed by atoms with Gasteiger partial charge < -0.3 is 14.1 Å². The highest BCUT2D eigenvalue weighted by molar-refractivity contribution is 6.37. The number of carbonyl (C=O) groups excluding carboxylic acids is 2. The van der Waals surface area contributed by atoms with Gasteiger partial charge in [-0.25, -0.2) is 4.79 Å². The number of ether oxygens (including phenoxy) is 1. The van der Waals surface area contributed by atoms with Crippen molar-refractivity contribution in [2.45, 2.75) is 38.1 Å². The number of nitrogens with zero attached hydrogens (tertiary/aromatic N) is 1. The van der Waals surface area contributed by atoms with Crippen molar-refractivity contribution in [1.29, 1.82) is 0 Å². The molecule has 196 valence electrons. The molecule has 1 amide bonds. The molecule has 2 aliphatic rings. The van der Waals surface area contributed by atoms with Crippen molar-refractivity contribution in [2.24, 2.45) is 0 Å². The molecule has 4 aromatic rings. The van der Waals surface area contributed by atoms with E-state index in [1.165, 1.54) is 19.3 Å². The summed E-state index contributed by atoms with van der Waals surface area (Å²) in [5.74, 6) is -0.456. The quantitative estimate of drug-likeness (QED) is 0.167. The molecular formula is C32H26ClNO5. The molecule has 0 aliphatic carbocycles. The maximum Gasteiger partial charge on any atom is 0.347 e. The largest absolute Gasteiger partial charge is 0.493 e. The Balaban J connectivity index is 1.50. The highest BCUT2D eigenvalue weighted by Crippen LogP contribution is 2.56. The van der Waals surface area contributed by atoms with Gasteiger partial charge in [-0.3, -0.25) is 9.59 Å². The lowest BCUT2D eigenvalue weighted by molar-refractivity contribution is -0.114. The predicted molar refractivity (Wildman–Crippen MR) is 152 cm³/mol. The normalized spacial score (nSPS) is 20.4. The summed E-state index contributed by atoms with van der Waals surface area (Å²) in [7, 11) is 1.48. The Hall–Kier alpha value is -4.16. The third-order valence-corrected chi connectivity index (χ3v) is 8.19. The van der Waals surface area contributed by atoms with Crippen molar-refractivity contribution >= 4 is 45.5 Å². The Morgan fingerprint density at radius 3 is 2.46 bits per heavy atom. The second-order valence-electron chi connectivity index (χ2n) is 10.9. The molecule has 3 aromatic carbocycles. The van der Waals surface area contributed by atoms with Crippen LogP contribution in [0.15, 0.2) is 82.0 Å². The van der Waals surface area contributed by atoms with E-state index >= 15 is 0 Å². The fourth-order valence-electron chi connectivity index (χ4n) is 6.28. The van der Waals surface area contributed by atoms with Gasteiger partial charge in [-0.15, -0.1) is 0 Å². The summed E-state index contributed by atoms with van der Waals surface area (Å²) in [4.78, 5) is 42.0. The monoisotopic (exact) mass is 539 g/mol. The number of carbonyl (C=O) groups is 2. The van der Waals surface area contributed by atoms with Crippen molar-refractivity contribution in [1.82, 2.24) is 0 Å². The van der Waals surface area contributed by atoms with E-state index in [0.717, 1.165) is 16.8 Å². The number of hydrogen-bond acceptors (Lipinski definition) is 5. The number of anilines is 1. The van der Waals surface area contributed by atoms with Crippen LogP contribution in [0.2, 0.25) is 5.02 Å². The fraction of sp³-hybridized carbons (Fsp3) is 0.219. The Bertz CT molecular complexity index is 1780. The van der Waals surface area contributed by atoms with Gasteiger partial charge in [0.25, 0.3) is 5.91 Å². The van der Waals surface area contributed by atoms with Crippen LogP contribution in [0.25, 0.3) is 16.5 Å². The van der Waals surface area contributed by atoms with Crippen molar-refractivity contribution in [3.05, 3.63) is 111 Å². The number of rotatable bonds is 4. The summed E-state index contributed by atoms with van der Waals surface area (Å²) < 4.78 is 10.7. The number of amides is 1. The predicted octanol–water partition coefficient (Wildman–Crippen LogP) is 6.56. The molecule has 7 heteroatoms. The lowest BCUT2D eigenvalue weighted by atomic mass is 9.65. The van der Waals surface area contributed by atoms with Crippen LogP contribution >= 0.6 is 11.6 Å². The Labute approximate surface area is 230 Å². The third kappa shape index (κ3) is 3.73. The number of allylic oxidation sites excluding steroid dienone is 1. The number of para-hydroxylation sites is 2. The average Bonchev–Trinajstić information content (AvgIpc) is 3.19. The highest BCUT2D eigenvalue weighted by Gasteiger charge is 2.52. The molecule has 2 aliphatic heterocycles. The van der Waals surface area contributed by atoms with Gasteiger partial charge in [-0.2, -0.15) is 0 Å². The summed E-state index contributed by atoms with van der Waals surface area (Å²) in [6, 6.07) is 20.3. The maximum absolute atomic E-state index is 13.9. The van der Waals surface area contributed by atoms with Crippen molar-refractivity contribution < 1.29 is 18.7 Å². The van der Waals surface area contributed by atoms with E-state index in [1.807, 2.05) is 56.3 Å². The zero-order valence-electron chi connectivity index (χ0n) is 22.0. The van der Waals surface area contributed by atoms with Crippen LogP contribution in [-0.4, -0.2) is 24.3 Å². The zero-order valence-corrected chi connectivity index (χ0v) is 22.8. The SMILES string of the molecule is COc1cccc2cc(C(=O)/C=C3/C(=O)N4c5c3cccc5C(C)(c3ccc(Cl)cc3)CC4(C)C)c(=O)oc12. The number of benzene rings is 3. The second kappa shape index (κ2) is 8.68. The number of methoxy groups -OCH3 is 1. The minimum Gasteiger partial charge on any atom is -0.493 e. The van der Waals surface area contributed by atoms with Crippen LogP contribution < -0.4 is 15.3 Å². The van der Waals surface area contributed by atoms with E-state index in [4.69, 9.17) is 20.8 Å². The molecule has 1 unspecified atom stereocenters. The second-order valence-corrected chi connectivity index (χ2v) is 11.4. The van der Waals surface area contributed by atoms with Crippen LogP contribution in [0.1, 0.15) is 54.2 Å². The first-order valence-electron chi connectivity index (χ1n) is 12.7. The molecule has 6 nitrogen and oxygen atoms in total. The highest BCUT2D eigenvalue weighted by atomic mass is 35.5. The van der Waals surface area contributed by atoms with Gasteiger partial charge in [0, 0.05) is 26.9 Å². The molecule has 0 saturated carbocycles. The zero-order chi connectivity index (χ0) is 27.7. The smallest absolute Gasteiger partial charge is 0.347 e. The summed E-state index contributed by atoms with van der Waals surface area (Å²) in [5, 5.41) is 1.21. The molecule has 1 aromatic heterocycles. The van der Waals surface area contributed by atoms with E-state index < -0.39 is 22.4 Å². The van der Waals surface area contributed by atoms with Crippen LogP contribution in [-0.2, 0) is 10.2 Å². The van der Waals surface area contributed by atoms with Gasteiger partial charge in [0.05, 0.1) is 18.4 Å². The van der Waals surface area contributed by atoms with Crippen LogP contribution in [0.3, 0.4) is 0 Å². The summed E-state index contributed by atoms with van der Waals surface area (Å²) in [5.41, 5.74) is 2.21. The first-order valence-corrected chi connectivity index (χ1v) is 13.0. The van der Waals surface area contributed by atoms with Gasteiger partial charge in [0.2, 0.25) is 0 Å². The van der Waals surface area contributed by atoms with Gasteiger partial charge >= 0.3 is 5.63 Å². The molecule has 0 spiro atoms. The number of ketones is 1. The molecule has 0 fully saturated rings. The van der Waals surface area contributed by atoms with Crippen LogP contribution in [0.5, 0.6) is 5.75 Å². The number of fused-ring (bicyclic) bond motifs is 1. The Morgan fingerprint density at radius 1 is 1.03 bits per heavy atom. The first-order chi connectivity index (χ1) is 18.5. The van der Waals surface area contributed by atoms with Crippen molar-refractivity contribution in [2.75, 3.05) is 12.0 Å². The number of halogens is 1. The molecule has 3 heterocycles. The van der Waals surface area contributed by atoms with E-state index in [9.17, 15) is 14.4 Å². The molecule has 0 radical (unpaired) electrons.